The van der Waals surface area contributed by atoms with Crippen LogP contribution in [0.25, 0.3) is 0 Å². The standard InChI is InChI=1S/C13H21N3S/c1-9-13(17-8-15-9)4-5-16-6-10-2-3-12(14)11(10)7-16/h8,10-12H,2-7,14H2,1H3. The molecule has 2 aliphatic rings. The summed E-state index contributed by atoms with van der Waals surface area (Å²) in [7, 11) is 0. The van der Waals surface area contributed by atoms with E-state index < -0.39 is 0 Å². The lowest BCUT2D eigenvalue weighted by molar-refractivity contribution is 0.310. The maximum atomic E-state index is 6.16. The molecule has 1 saturated carbocycles. The fraction of sp³-hybridized carbons (Fsp3) is 0.769. The lowest BCUT2D eigenvalue weighted by Crippen LogP contribution is -2.31. The highest BCUT2D eigenvalue weighted by Gasteiger charge is 2.40. The van der Waals surface area contributed by atoms with Gasteiger partial charge in [0.25, 0.3) is 0 Å². The Bertz CT molecular complexity index is 390. The predicted molar refractivity (Wildman–Crippen MR) is 71.2 cm³/mol. The Labute approximate surface area is 107 Å². The number of hydrogen-bond donors (Lipinski definition) is 1. The first-order valence-corrected chi connectivity index (χ1v) is 7.49. The maximum Gasteiger partial charge on any atom is 0.0797 e. The monoisotopic (exact) mass is 251 g/mol. The zero-order valence-corrected chi connectivity index (χ0v) is 11.2. The topological polar surface area (TPSA) is 42.2 Å². The van der Waals surface area contributed by atoms with Crippen molar-refractivity contribution in [1.82, 2.24) is 9.88 Å². The van der Waals surface area contributed by atoms with Gasteiger partial charge in [-0.3, -0.25) is 0 Å². The van der Waals surface area contributed by atoms with Crippen LogP contribution in [0, 0.1) is 18.8 Å². The summed E-state index contributed by atoms with van der Waals surface area (Å²) >= 11 is 1.79. The molecule has 1 aromatic heterocycles. The summed E-state index contributed by atoms with van der Waals surface area (Å²) in [5.41, 5.74) is 9.33. The number of nitrogens with zero attached hydrogens (tertiary/aromatic N) is 2. The molecule has 0 aromatic carbocycles. The van der Waals surface area contributed by atoms with Crippen molar-refractivity contribution in [3.8, 4) is 0 Å². The summed E-state index contributed by atoms with van der Waals surface area (Å²) in [5, 5.41) is 0. The largest absolute Gasteiger partial charge is 0.327 e. The van der Waals surface area contributed by atoms with E-state index in [1.54, 1.807) is 11.3 Å². The van der Waals surface area contributed by atoms with Crippen LogP contribution in [-0.4, -0.2) is 35.6 Å². The Hall–Kier alpha value is -0.450. The first-order chi connectivity index (χ1) is 8.24. The van der Waals surface area contributed by atoms with Crippen molar-refractivity contribution in [2.24, 2.45) is 17.6 Å². The fourth-order valence-electron chi connectivity index (χ4n) is 3.41. The second-order valence-corrected chi connectivity index (χ2v) is 6.47. The van der Waals surface area contributed by atoms with Crippen molar-refractivity contribution in [3.05, 3.63) is 16.1 Å². The van der Waals surface area contributed by atoms with E-state index >= 15 is 0 Å². The van der Waals surface area contributed by atoms with Gasteiger partial charge in [-0.1, -0.05) is 0 Å². The third kappa shape index (κ3) is 2.26. The molecule has 4 heteroatoms. The van der Waals surface area contributed by atoms with Gasteiger partial charge in [0.05, 0.1) is 11.2 Å². The number of aromatic nitrogens is 1. The van der Waals surface area contributed by atoms with E-state index in [9.17, 15) is 0 Å². The second kappa shape index (κ2) is 4.67. The average Bonchev–Trinajstić information content (AvgIpc) is 2.96. The Morgan fingerprint density at radius 3 is 3.06 bits per heavy atom. The molecule has 3 rings (SSSR count). The number of hydrogen-bond acceptors (Lipinski definition) is 4. The van der Waals surface area contributed by atoms with Crippen molar-refractivity contribution < 1.29 is 0 Å². The van der Waals surface area contributed by atoms with Gasteiger partial charge in [-0.25, -0.2) is 4.98 Å². The molecule has 1 aliphatic heterocycles. The zero-order valence-electron chi connectivity index (χ0n) is 10.4. The summed E-state index contributed by atoms with van der Waals surface area (Å²) in [6.07, 6.45) is 3.75. The van der Waals surface area contributed by atoms with Crippen LogP contribution in [0.5, 0.6) is 0 Å². The van der Waals surface area contributed by atoms with E-state index in [0.29, 0.717) is 6.04 Å². The van der Waals surface area contributed by atoms with E-state index in [1.165, 1.54) is 43.0 Å². The molecule has 0 radical (unpaired) electrons. The van der Waals surface area contributed by atoms with E-state index in [1.807, 2.05) is 5.51 Å². The van der Waals surface area contributed by atoms with Crippen LogP contribution in [0.2, 0.25) is 0 Å². The van der Waals surface area contributed by atoms with Crippen LogP contribution < -0.4 is 5.73 Å². The van der Waals surface area contributed by atoms with Gasteiger partial charge >= 0.3 is 0 Å². The molecule has 2 N–H and O–H groups in total. The first-order valence-electron chi connectivity index (χ1n) is 6.61. The zero-order chi connectivity index (χ0) is 11.8. The number of likely N-dealkylation sites (tertiary alicyclic amines) is 1. The molecule has 1 saturated heterocycles. The lowest BCUT2D eigenvalue weighted by atomic mass is 9.98. The van der Waals surface area contributed by atoms with Crippen LogP contribution in [0.15, 0.2) is 5.51 Å². The van der Waals surface area contributed by atoms with E-state index in [-0.39, 0.29) is 0 Å². The highest BCUT2D eigenvalue weighted by Crippen LogP contribution is 2.37. The van der Waals surface area contributed by atoms with Crippen LogP contribution in [0.1, 0.15) is 23.4 Å². The molecule has 0 spiro atoms. The van der Waals surface area contributed by atoms with Gasteiger partial charge in [-0.2, -0.15) is 0 Å². The first kappa shape index (κ1) is 11.6. The van der Waals surface area contributed by atoms with Gasteiger partial charge in [-0.15, -0.1) is 11.3 Å². The summed E-state index contributed by atoms with van der Waals surface area (Å²) < 4.78 is 0. The van der Waals surface area contributed by atoms with Crippen LogP contribution in [0.3, 0.4) is 0 Å². The van der Waals surface area contributed by atoms with Gasteiger partial charge in [-0.05, 0) is 38.0 Å². The molecule has 1 aliphatic carbocycles. The number of thiazole rings is 1. The summed E-state index contributed by atoms with van der Waals surface area (Å²) in [6, 6.07) is 0.468. The molecule has 17 heavy (non-hydrogen) atoms. The second-order valence-electron chi connectivity index (χ2n) is 5.54. The summed E-state index contributed by atoms with van der Waals surface area (Å²) in [6.45, 7) is 5.79. The number of aryl methyl sites for hydroxylation is 1. The summed E-state index contributed by atoms with van der Waals surface area (Å²) in [5.74, 6) is 1.66. The molecule has 2 heterocycles. The molecule has 0 amide bonds. The van der Waals surface area contributed by atoms with Crippen molar-refractivity contribution in [2.75, 3.05) is 19.6 Å². The molecular weight excluding hydrogens is 230 g/mol. The van der Waals surface area contributed by atoms with E-state index in [4.69, 9.17) is 5.73 Å². The molecule has 3 nitrogen and oxygen atoms in total. The Morgan fingerprint density at radius 1 is 1.47 bits per heavy atom. The van der Waals surface area contributed by atoms with Crippen molar-refractivity contribution in [2.45, 2.75) is 32.2 Å². The molecule has 3 atom stereocenters. The minimum atomic E-state index is 0.468. The SMILES string of the molecule is Cc1ncsc1CCN1CC2CCC(N)C2C1. The maximum absolute atomic E-state index is 6.16. The Morgan fingerprint density at radius 2 is 2.35 bits per heavy atom. The van der Waals surface area contributed by atoms with Crippen LogP contribution in [-0.2, 0) is 6.42 Å². The normalized spacial score (nSPS) is 33.2. The molecule has 1 aromatic rings. The van der Waals surface area contributed by atoms with Gasteiger partial charge < -0.3 is 10.6 Å². The van der Waals surface area contributed by atoms with E-state index in [2.05, 4.69) is 16.8 Å². The minimum absolute atomic E-state index is 0.468. The highest BCUT2D eigenvalue weighted by molar-refractivity contribution is 7.09. The predicted octanol–water partition coefficient (Wildman–Crippen LogP) is 1.66. The molecule has 0 bridgehead atoms. The highest BCUT2D eigenvalue weighted by atomic mass is 32.1. The van der Waals surface area contributed by atoms with Crippen molar-refractivity contribution >= 4 is 11.3 Å². The lowest BCUT2D eigenvalue weighted by Gasteiger charge is -2.17. The number of nitrogens with two attached hydrogens (primary N) is 1. The van der Waals surface area contributed by atoms with E-state index in [0.717, 1.165) is 18.3 Å². The molecular formula is C13H21N3S. The number of fused-ring (bicyclic) bond motifs is 1. The summed E-state index contributed by atoms with van der Waals surface area (Å²) in [4.78, 5) is 8.37. The van der Waals surface area contributed by atoms with Gasteiger partial charge in [0.1, 0.15) is 0 Å². The third-order valence-electron chi connectivity index (χ3n) is 4.49. The Kier molecular flexibility index (Phi) is 3.19. The Balaban J connectivity index is 1.53. The van der Waals surface area contributed by atoms with Crippen molar-refractivity contribution in [1.29, 1.82) is 0 Å². The van der Waals surface area contributed by atoms with Crippen LogP contribution in [0.4, 0.5) is 0 Å². The molecule has 94 valence electrons. The van der Waals surface area contributed by atoms with Crippen molar-refractivity contribution in [3.63, 3.8) is 0 Å². The third-order valence-corrected chi connectivity index (χ3v) is 5.48. The van der Waals surface area contributed by atoms with Gasteiger partial charge in [0.15, 0.2) is 0 Å². The average molecular weight is 251 g/mol. The van der Waals surface area contributed by atoms with Gasteiger partial charge in [0.2, 0.25) is 0 Å². The van der Waals surface area contributed by atoms with Gasteiger partial charge in [0, 0.05) is 30.6 Å². The molecule has 3 unspecified atom stereocenters. The molecule has 2 fully saturated rings. The number of rotatable bonds is 3. The minimum Gasteiger partial charge on any atom is -0.327 e. The quantitative estimate of drug-likeness (QED) is 0.888. The smallest absolute Gasteiger partial charge is 0.0797 e. The fourth-order valence-corrected chi connectivity index (χ4v) is 4.18. The van der Waals surface area contributed by atoms with Crippen LogP contribution >= 0.6 is 11.3 Å².